The molecule has 0 unspecified atom stereocenters. The van der Waals surface area contributed by atoms with E-state index in [1.807, 2.05) is 0 Å². The third-order valence-corrected chi connectivity index (χ3v) is 4.92. The van der Waals surface area contributed by atoms with Crippen molar-refractivity contribution in [3.05, 3.63) is 35.9 Å². The number of benzene rings is 1. The van der Waals surface area contributed by atoms with E-state index in [0.717, 1.165) is 25.9 Å². The zero-order chi connectivity index (χ0) is 14.2. The lowest BCUT2D eigenvalue weighted by Crippen LogP contribution is -2.56. The van der Waals surface area contributed by atoms with Crippen LogP contribution in [0, 0.1) is 0 Å². The Hall–Kier alpha value is -1.35. The largest absolute Gasteiger partial charge is 0.349 e. The zero-order valence-corrected chi connectivity index (χ0v) is 12.4. The second kappa shape index (κ2) is 5.21. The fourth-order valence-electron chi connectivity index (χ4n) is 3.80. The third kappa shape index (κ3) is 2.35. The van der Waals surface area contributed by atoms with Gasteiger partial charge in [0.1, 0.15) is 0 Å². The van der Waals surface area contributed by atoms with Gasteiger partial charge in [-0.15, -0.1) is 0 Å². The molecule has 3 nitrogen and oxygen atoms in total. The molecular weight excluding hydrogens is 248 g/mol. The van der Waals surface area contributed by atoms with Crippen LogP contribution >= 0.6 is 0 Å². The summed E-state index contributed by atoms with van der Waals surface area (Å²) in [5.41, 5.74) is 1.30. The van der Waals surface area contributed by atoms with Gasteiger partial charge in [-0.1, -0.05) is 30.3 Å². The van der Waals surface area contributed by atoms with Gasteiger partial charge in [0, 0.05) is 31.5 Å². The molecule has 1 amide bonds. The van der Waals surface area contributed by atoms with Crippen LogP contribution in [0.4, 0.5) is 0 Å². The van der Waals surface area contributed by atoms with Crippen molar-refractivity contribution in [1.29, 1.82) is 0 Å². The molecule has 1 N–H and O–H groups in total. The van der Waals surface area contributed by atoms with E-state index in [0.29, 0.717) is 18.4 Å². The van der Waals surface area contributed by atoms with E-state index in [9.17, 15) is 4.79 Å². The molecular formula is C17H24N2O. The Kier molecular flexibility index (Phi) is 3.55. The summed E-state index contributed by atoms with van der Waals surface area (Å²) in [4.78, 5) is 14.5. The van der Waals surface area contributed by atoms with E-state index < -0.39 is 0 Å². The molecule has 2 atom stereocenters. The molecule has 0 saturated carbocycles. The van der Waals surface area contributed by atoms with Crippen molar-refractivity contribution < 1.29 is 4.79 Å². The topological polar surface area (TPSA) is 32.3 Å². The molecule has 0 aliphatic carbocycles. The highest BCUT2D eigenvalue weighted by Gasteiger charge is 2.49. The number of rotatable bonds is 2. The minimum absolute atomic E-state index is 0.0546. The van der Waals surface area contributed by atoms with Crippen molar-refractivity contribution in [3.8, 4) is 0 Å². The standard InChI is InChI=1S/C17H24N2O/c1-13(2)19-11-15(14-7-4-3-5-8-14)17(12-19)10-6-9-16(20)18-17/h3-5,7-8,13,15H,6,9-12H2,1-2H3,(H,18,20)/t15-,17+/m0/s1. The highest BCUT2D eigenvalue weighted by Crippen LogP contribution is 2.41. The van der Waals surface area contributed by atoms with E-state index in [2.05, 4.69) is 54.4 Å². The lowest BCUT2D eigenvalue weighted by Gasteiger charge is -2.39. The second-order valence-electron chi connectivity index (χ2n) is 6.54. The molecule has 1 spiro atoms. The van der Waals surface area contributed by atoms with Crippen molar-refractivity contribution in [1.82, 2.24) is 10.2 Å². The van der Waals surface area contributed by atoms with Gasteiger partial charge in [-0.05, 0) is 32.3 Å². The van der Waals surface area contributed by atoms with Crippen LogP contribution in [0.5, 0.6) is 0 Å². The first-order valence-electron chi connectivity index (χ1n) is 7.71. The summed E-state index contributed by atoms with van der Waals surface area (Å²) >= 11 is 0. The van der Waals surface area contributed by atoms with Gasteiger partial charge >= 0.3 is 0 Å². The molecule has 2 heterocycles. The first-order valence-corrected chi connectivity index (χ1v) is 7.71. The number of nitrogens with one attached hydrogen (secondary N) is 1. The lowest BCUT2D eigenvalue weighted by atomic mass is 9.76. The number of piperidine rings is 1. The predicted molar refractivity (Wildman–Crippen MR) is 80.6 cm³/mol. The van der Waals surface area contributed by atoms with Crippen LogP contribution in [0.3, 0.4) is 0 Å². The van der Waals surface area contributed by atoms with Crippen molar-refractivity contribution in [2.75, 3.05) is 13.1 Å². The fourth-order valence-corrected chi connectivity index (χ4v) is 3.80. The predicted octanol–water partition coefficient (Wildman–Crippen LogP) is 2.53. The first-order chi connectivity index (χ1) is 9.61. The SMILES string of the molecule is CC(C)N1C[C@@H](c2ccccc2)[C@@]2(CCCC(=O)N2)C1. The minimum atomic E-state index is -0.0546. The van der Waals surface area contributed by atoms with E-state index in [1.165, 1.54) is 5.56 Å². The summed E-state index contributed by atoms with van der Waals surface area (Å²) in [6.45, 7) is 6.51. The zero-order valence-electron chi connectivity index (χ0n) is 12.4. The van der Waals surface area contributed by atoms with Gasteiger partial charge < -0.3 is 5.32 Å². The molecule has 1 aromatic carbocycles. The van der Waals surface area contributed by atoms with Gasteiger partial charge in [0.15, 0.2) is 0 Å². The maximum Gasteiger partial charge on any atom is 0.220 e. The Labute approximate surface area is 121 Å². The minimum Gasteiger partial charge on any atom is -0.349 e. The van der Waals surface area contributed by atoms with Crippen LogP contribution in [0.25, 0.3) is 0 Å². The maximum atomic E-state index is 11.9. The van der Waals surface area contributed by atoms with Gasteiger partial charge in [0.25, 0.3) is 0 Å². The van der Waals surface area contributed by atoms with Gasteiger partial charge in [0.2, 0.25) is 5.91 Å². The van der Waals surface area contributed by atoms with Gasteiger partial charge in [-0.2, -0.15) is 0 Å². The molecule has 2 aliphatic heterocycles. The third-order valence-electron chi connectivity index (χ3n) is 4.92. The molecule has 3 heteroatoms. The van der Waals surface area contributed by atoms with E-state index in [4.69, 9.17) is 0 Å². The van der Waals surface area contributed by atoms with E-state index >= 15 is 0 Å². The molecule has 2 saturated heterocycles. The van der Waals surface area contributed by atoms with Crippen LogP contribution in [0.2, 0.25) is 0 Å². The Morgan fingerprint density at radius 1 is 1.30 bits per heavy atom. The monoisotopic (exact) mass is 272 g/mol. The van der Waals surface area contributed by atoms with Crippen LogP contribution in [0.15, 0.2) is 30.3 Å². The summed E-state index contributed by atoms with van der Waals surface area (Å²) < 4.78 is 0. The summed E-state index contributed by atoms with van der Waals surface area (Å²) in [7, 11) is 0. The number of hydrogen-bond donors (Lipinski definition) is 1. The molecule has 3 rings (SSSR count). The number of carbonyl (C=O) groups excluding carboxylic acids is 1. The van der Waals surface area contributed by atoms with Crippen LogP contribution in [-0.2, 0) is 4.79 Å². The summed E-state index contributed by atoms with van der Waals surface area (Å²) in [5, 5.41) is 3.34. The van der Waals surface area contributed by atoms with E-state index in [1.54, 1.807) is 0 Å². The number of carbonyl (C=O) groups is 1. The molecule has 0 radical (unpaired) electrons. The molecule has 0 bridgehead atoms. The lowest BCUT2D eigenvalue weighted by molar-refractivity contribution is -0.125. The molecule has 0 aromatic heterocycles. The summed E-state index contributed by atoms with van der Waals surface area (Å²) in [6, 6.07) is 11.2. The normalized spacial score (nSPS) is 30.9. The summed E-state index contributed by atoms with van der Waals surface area (Å²) in [6.07, 6.45) is 2.80. The molecule has 20 heavy (non-hydrogen) atoms. The second-order valence-corrected chi connectivity index (χ2v) is 6.54. The van der Waals surface area contributed by atoms with Gasteiger partial charge in [0.05, 0.1) is 5.54 Å². The average Bonchev–Trinajstić information content (AvgIpc) is 2.79. The van der Waals surface area contributed by atoms with Crippen LogP contribution < -0.4 is 5.32 Å². The van der Waals surface area contributed by atoms with Crippen molar-refractivity contribution in [2.24, 2.45) is 0 Å². The number of hydrogen-bond acceptors (Lipinski definition) is 2. The maximum absolute atomic E-state index is 11.9. The highest BCUT2D eigenvalue weighted by molar-refractivity contribution is 5.78. The van der Waals surface area contributed by atoms with E-state index in [-0.39, 0.29) is 11.4 Å². The Morgan fingerprint density at radius 3 is 2.70 bits per heavy atom. The van der Waals surface area contributed by atoms with Gasteiger partial charge in [-0.3, -0.25) is 9.69 Å². The molecule has 1 aromatic rings. The van der Waals surface area contributed by atoms with Crippen molar-refractivity contribution in [2.45, 2.75) is 50.6 Å². The van der Waals surface area contributed by atoms with Crippen molar-refractivity contribution in [3.63, 3.8) is 0 Å². The fraction of sp³-hybridized carbons (Fsp3) is 0.588. The Morgan fingerprint density at radius 2 is 2.05 bits per heavy atom. The molecule has 2 fully saturated rings. The highest BCUT2D eigenvalue weighted by atomic mass is 16.1. The first kappa shape index (κ1) is 13.6. The van der Waals surface area contributed by atoms with Crippen LogP contribution in [0.1, 0.15) is 44.6 Å². The number of amides is 1. The average molecular weight is 272 g/mol. The quantitative estimate of drug-likeness (QED) is 0.897. The van der Waals surface area contributed by atoms with Crippen molar-refractivity contribution >= 4 is 5.91 Å². The van der Waals surface area contributed by atoms with Gasteiger partial charge in [-0.25, -0.2) is 0 Å². The molecule has 108 valence electrons. The number of likely N-dealkylation sites (tertiary alicyclic amines) is 1. The smallest absolute Gasteiger partial charge is 0.220 e. The summed E-state index contributed by atoms with van der Waals surface area (Å²) in [5.74, 6) is 0.637. The van der Waals surface area contributed by atoms with Crippen LogP contribution in [-0.4, -0.2) is 35.5 Å². The number of nitrogens with zero attached hydrogens (tertiary/aromatic N) is 1. The Bertz CT molecular complexity index is 485. The molecule has 2 aliphatic rings. The Balaban J connectivity index is 1.94.